The molecule has 0 amide bonds. The fraction of sp³-hybridized carbons (Fsp3) is 0.211. The summed E-state index contributed by atoms with van der Waals surface area (Å²) in [6.45, 7) is 3.27. The summed E-state index contributed by atoms with van der Waals surface area (Å²) in [4.78, 5) is 4.98. The van der Waals surface area contributed by atoms with Gasteiger partial charge >= 0.3 is 0 Å². The number of benzene rings is 2. The third-order valence-electron chi connectivity index (χ3n) is 4.09. The maximum Gasteiger partial charge on any atom is 0.188 e. The van der Waals surface area contributed by atoms with Crippen LogP contribution in [0.3, 0.4) is 0 Å². The molecule has 2 heterocycles. The Hall–Kier alpha value is -2.20. The summed E-state index contributed by atoms with van der Waals surface area (Å²) in [6.07, 6.45) is 0. The maximum atomic E-state index is 4.98. The number of thioether (sulfide) groups is 1. The van der Waals surface area contributed by atoms with Gasteiger partial charge in [-0.15, -0.1) is 0 Å². The Morgan fingerprint density at radius 1 is 0.957 bits per heavy atom. The molecule has 0 N–H and O–H groups in total. The van der Waals surface area contributed by atoms with Gasteiger partial charge < -0.3 is 5.01 Å². The van der Waals surface area contributed by atoms with E-state index in [0.29, 0.717) is 5.25 Å². The molecule has 0 spiro atoms. The fourth-order valence-corrected chi connectivity index (χ4v) is 4.23. The van der Waals surface area contributed by atoms with E-state index in [1.807, 2.05) is 17.8 Å². The molecule has 1 aliphatic heterocycles. The number of nitrogens with zero attached hydrogens (tertiary/aromatic N) is 3. The molecule has 0 bridgehead atoms. The summed E-state index contributed by atoms with van der Waals surface area (Å²) in [5.74, 6) is 0. The third kappa shape index (κ3) is 2.53. The molecule has 0 radical (unpaired) electrons. The molecular weight excluding hydrogens is 302 g/mol. The van der Waals surface area contributed by atoms with Gasteiger partial charge in [-0.25, -0.2) is 9.66 Å². The van der Waals surface area contributed by atoms with Crippen LogP contribution in [-0.4, -0.2) is 28.5 Å². The van der Waals surface area contributed by atoms with Crippen LogP contribution in [0, 0.1) is 0 Å². The lowest BCUT2D eigenvalue weighted by molar-refractivity contribution is 0.580. The van der Waals surface area contributed by atoms with Crippen LogP contribution in [0.25, 0.3) is 22.5 Å². The predicted molar refractivity (Wildman–Crippen MR) is 97.4 cm³/mol. The lowest BCUT2D eigenvalue weighted by Crippen LogP contribution is -2.39. The largest absolute Gasteiger partial charge is 0.312 e. The van der Waals surface area contributed by atoms with E-state index in [0.717, 1.165) is 23.0 Å². The molecule has 0 saturated heterocycles. The molecule has 4 rings (SSSR count). The minimum absolute atomic E-state index is 0.544. The second-order valence-corrected chi connectivity index (χ2v) is 7.31. The van der Waals surface area contributed by atoms with Gasteiger partial charge in [0, 0.05) is 30.0 Å². The second kappa shape index (κ2) is 5.78. The molecule has 4 heteroatoms. The Bertz CT molecular complexity index is 811. The Morgan fingerprint density at radius 2 is 1.57 bits per heavy atom. The van der Waals surface area contributed by atoms with Crippen molar-refractivity contribution >= 4 is 11.8 Å². The van der Waals surface area contributed by atoms with Gasteiger partial charge in [0.05, 0.1) is 11.4 Å². The highest BCUT2D eigenvalue weighted by Gasteiger charge is 2.28. The van der Waals surface area contributed by atoms with Gasteiger partial charge in [-0.3, -0.25) is 0 Å². The van der Waals surface area contributed by atoms with E-state index in [1.165, 1.54) is 11.3 Å². The van der Waals surface area contributed by atoms with Crippen LogP contribution in [0.4, 0.5) is 0 Å². The number of hydrogen-bond acceptors (Lipinski definition) is 3. The van der Waals surface area contributed by atoms with Gasteiger partial charge in [0.2, 0.25) is 0 Å². The van der Waals surface area contributed by atoms with Gasteiger partial charge in [-0.05, 0) is 0 Å². The van der Waals surface area contributed by atoms with Crippen LogP contribution in [-0.2, 0) is 0 Å². The molecule has 3 aromatic rings. The molecular formula is C19H19N3S. The summed E-state index contributed by atoms with van der Waals surface area (Å²) in [5.41, 5.74) is 4.59. The monoisotopic (exact) mass is 321 g/mol. The predicted octanol–water partition coefficient (Wildman–Crippen LogP) is 4.28. The number of fused-ring (bicyclic) bond motifs is 1. The molecule has 0 fully saturated rings. The number of hydrogen-bond donors (Lipinski definition) is 0. The number of aromatic nitrogens is 2. The van der Waals surface area contributed by atoms with Crippen LogP contribution in [0.1, 0.15) is 6.92 Å². The smallest absolute Gasteiger partial charge is 0.188 e. The summed E-state index contributed by atoms with van der Waals surface area (Å²) in [5, 5.41) is 3.89. The Balaban J connectivity index is 1.98. The molecule has 2 aromatic carbocycles. The Kier molecular flexibility index (Phi) is 3.62. The number of imidazole rings is 1. The van der Waals surface area contributed by atoms with Crippen molar-refractivity contribution in [1.29, 1.82) is 0 Å². The first-order valence-electron chi connectivity index (χ1n) is 7.85. The van der Waals surface area contributed by atoms with Crippen molar-refractivity contribution in [2.24, 2.45) is 0 Å². The highest BCUT2D eigenvalue weighted by atomic mass is 32.2. The molecule has 3 nitrogen and oxygen atoms in total. The first-order chi connectivity index (χ1) is 11.2. The lowest BCUT2D eigenvalue weighted by atomic mass is 10.1. The van der Waals surface area contributed by atoms with Gasteiger partial charge in [0.25, 0.3) is 0 Å². The number of rotatable bonds is 2. The van der Waals surface area contributed by atoms with Gasteiger partial charge in [0.1, 0.15) is 0 Å². The molecule has 0 saturated carbocycles. The van der Waals surface area contributed by atoms with Crippen LogP contribution in [0.2, 0.25) is 0 Å². The first-order valence-corrected chi connectivity index (χ1v) is 8.73. The van der Waals surface area contributed by atoms with Gasteiger partial charge in [-0.1, -0.05) is 79.3 Å². The summed E-state index contributed by atoms with van der Waals surface area (Å²) >= 11 is 1.85. The minimum Gasteiger partial charge on any atom is -0.312 e. The minimum atomic E-state index is 0.544. The summed E-state index contributed by atoms with van der Waals surface area (Å²) in [6, 6.07) is 21.0. The van der Waals surface area contributed by atoms with E-state index >= 15 is 0 Å². The molecule has 116 valence electrons. The van der Waals surface area contributed by atoms with E-state index in [2.05, 4.69) is 78.3 Å². The van der Waals surface area contributed by atoms with Crippen molar-refractivity contribution in [2.75, 3.05) is 18.6 Å². The van der Waals surface area contributed by atoms with Crippen molar-refractivity contribution in [3.05, 3.63) is 60.7 Å². The van der Waals surface area contributed by atoms with Crippen molar-refractivity contribution < 1.29 is 0 Å². The van der Waals surface area contributed by atoms with Crippen LogP contribution in [0.15, 0.2) is 65.8 Å². The Labute approximate surface area is 140 Å². The van der Waals surface area contributed by atoms with Crippen LogP contribution < -0.4 is 5.01 Å². The first kappa shape index (κ1) is 14.4. The van der Waals surface area contributed by atoms with E-state index in [-0.39, 0.29) is 0 Å². The quantitative estimate of drug-likeness (QED) is 0.703. The fourth-order valence-electron chi connectivity index (χ4n) is 3.11. The van der Waals surface area contributed by atoms with Crippen molar-refractivity contribution in [3.8, 4) is 22.5 Å². The molecule has 1 unspecified atom stereocenters. The van der Waals surface area contributed by atoms with E-state index in [1.54, 1.807) is 0 Å². The third-order valence-corrected chi connectivity index (χ3v) is 5.12. The summed E-state index contributed by atoms with van der Waals surface area (Å²) < 4.78 is 2.27. The summed E-state index contributed by atoms with van der Waals surface area (Å²) in [7, 11) is 2.14. The average molecular weight is 321 g/mol. The van der Waals surface area contributed by atoms with E-state index in [4.69, 9.17) is 4.98 Å². The van der Waals surface area contributed by atoms with E-state index < -0.39 is 0 Å². The SMILES string of the molecule is CC1CN(C)n2c(nc(-c3ccccc3)c2-c2ccccc2)S1. The molecule has 23 heavy (non-hydrogen) atoms. The zero-order valence-corrected chi connectivity index (χ0v) is 14.1. The van der Waals surface area contributed by atoms with Gasteiger partial charge in [0.15, 0.2) is 5.16 Å². The van der Waals surface area contributed by atoms with E-state index in [9.17, 15) is 0 Å². The zero-order valence-electron chi connectivity index (χ0n) is 13.3. The molecule has 1 atom stereocenters. The second-order valence-electron chi connectivity index (χ2n) is 5.90. The van der Waals surface area contributed by atoms with Crippen LogP contribution >= 0.6 is 11.8 Å². The highest BCUT2D eigenvalue weighted by Crippen LogP contribution is 2.38. The van der Waals surface area contributed by atoms with Crippen molar-refractivity contribution in [2.45, 2.75) is 17.3 Å². The highest BCUT2D eigenvalue weighted by molar-refractivity contribution is 7.99. The van der Waals surface area contributed by atoms with Crippen molar-refractivity contribution in [3.63, 3.8) is 0 Å². The Morgan fingerprint density at radius 3 is 2.22 bits per heavy atom. The zero-order chi connectivity index (χ0) is 15.8. The molecule has 1 aliphatic rings. The van der Waals surface area contributed by atoms with Crippen LogP contribution in [0.5, 0.6) is 0 Å². The maximum absolute atomic E-state index is 4.98. The normalized spacial score (nSPS) is 17.1. The van der Waals surface area contributed by atoms with Gasteiger partial charge in [-0.2, -0.15) is 0 Å². The topological polar surface area (TPSA) is 21.1 Å². The average Bonchev–Trinajstić information content (AvgIpc) is 2.96. The van der Waals surface area contributed by atoms with Crippen molar-refractivity contribution in [1.82, 2.24) is 9.66 Å². The lowest BCUT2D eigenvalue weighted by Gasteiger charge is -2.31. The molecule has 1 aromatic heterocycles. The molecule has 0 aliphatic carbocycles. The standard InChI is InChI=1S/C19H19N3S/c1-14-13-21(2)22-18(16-11-7-4-8-12-16)17(20-19(22)23-14)15-9-5-3-6-10-15/h3-12,14H,13H2,1-2H3.